The Kier molecular flexibility index (Phi) is 3.32. The highest BCUT2D eigenvalue weighted by atomic mass is 19.1. The Balaban J connectivity index is 2.18. The molecule has 0 saturated heterocycles. The summed E-state index contributed by atoms with van der Waals surface area (Å²) in [6.45, 7) is 1.87. The van der Waals surface area contributed by atoms with Gasteiger partial charge in [-0.15, -0.1) is 0 Å². The predicted octanol–water partition coefficient (Wildman–Crippen LogP) is 2.43. The maximum Gasteiger partial charge on any atom is 0.338 e. The second-order valence-corrected chi connectivity index (χ2v) is 5.14. The summed E-state index contributed by atoms with van der Waals surface area (Å²) in [5.74, 6) is -1.98. The topological polar surface area (TPSA) is 92.2 Å². The SMILES string of the molecule is CC1CC(=O)Nc2ncnc(-c3ccc(F)c(C(=O)O)c3)c21. The second-order valence-electron chi connectivity index (χ2n) is 5.14. The number of benzene rings is 1. The van der Waals surface area contributed by atoms with Crippen LogP contribution in [0.3, 0.4) is 0 Å². The van der Waals surface area contributed by atoms with Gasteiger partial charge in [-0.25, -0.2) is 19.2 Å². The first-order valence-electron chi connectivity index (χ1n) is 6.65. The minimum Gasteiger partial charge on any atom is -0.478 e. The summed E-state index contributed by atoms with van der Waals surface area (Å²) in [5.41, 5.74) is 1.28. The standard InChI is InChI=1S/C15H12FN3O3/c1-7-4-11(20)19-14-12(7)13(17-6-18-14)8-2-3-10(16)9(5-8)15(21)22/h2-3,5-7H,4H2,1H3,(H,21,22)(H,17,18,19,20). The molecule has 112 valence electrons. The molecule has 1 atom stereocenters. The molecule has 2 heterocycles. The number of carbonyl (C=O) groups excluding carboxylic acids is 1. The summed E-state index contributed by atoms with van der Waals surface area (Å²) >= 11 is 0. The molecule has 1 aromatic heterocycles. The van der Waals surface area contributed by atoms with Gasteiger partial charge < -0.3 is 10.4 Å². The third kappa shape index (κ3) is 2.30. The second kappa shape index (κ2) is 5.18. The number of aromatic carboxylic acids is 1. The normalized spacial score (nSPS) is 16.8. The molecule has 1 aliphatic heterocycles. The third-order valence-electron chi connectivity index (χ3n) is 3.60. The van der Waals surface area contributed by atoms with E-state index in [9.17, 15) is 14.0 Å². The molecule has 0 saturated carbocycles. The lowest BCUT2D eigenvalue weighted by Crippen LogP contribution is -2.23. The molecular formula is C15H12FN3O3. The van der Waals surface area contributed by atoms with Crippen LogP contribution in [0.5, 0.6) is 0 Å². The average Bonchev–Trinajstić information content (AvgIpc) is 2.46. The summed E-state index contributed by atoms with van der Waals surface area (Å²) in [6, 6.07) is 3.80. The van der Waals surface area contributed by atoms with E-state index in [1.807, 2.05) is 6.92 Å². The number of nitrogens with zero attached hydrogens (tertiary/aromatic N) is 2. The van der Waals surface area contributed by atoms with Crippen molar-refractivity contribution in [2.45, 2.75) is 19.3 Å². The zero-order valence-corrected chi connectivity index (χ0v) is 11.6. The first kappa shape index (κ1) is 14.1. The minimum atomic E-state index is -1.34. The first-order chi connectivity index (χ1) is 10.5. The van der Waals surface area contributed by atoms with Gasteiger partial charge in [0.15, 0.2) is 0 Å². The number of carboxylic acids is 1. The zero-order chi connectivity index (χ0) is 15.9. The minimum absolute atomic E-state index is 0.113. The molecule has 1 aromatic carbocycles. The lowest BCUT2D eigenvalue weighted by molar-refractivity contribution is -0.116. The lowest BCUT2D eigenvalue weighted by Gasteiger charge is -2.23. The Labute approximate surface area is 125 Å². The number of halogens is 1. The molecule has 3 rings (SSSR count). The highest BCUT2D eigenvalue weighted by Gasteiger charge is 2.27. The van der Waals surface area contributed by atoms with E-state index < -0.39 is 17.3 Å². The van der Waals surface area contributed by atoms with Crippen LogP contribution in [-0.2, 0) is 4.79 Å². The molecule has 22 heavy (non-hydrogen) atoms. The number of nitrogens with one attached hydrogen (secondary N) is 1. The van der Waals surface area contributed by atoms with Crippen molar-refractivity contribution >= 4 is 17.7 Å². The van der Waals surface area contributed by atoms with E-state index in [1.165, 1.54) is 18.5 Å². The fraction of sp³-hybridized carbons (Fsp3) is 0.200. The lowest BCUT2D eigenvalue weighted by atomic mass is 9.90. The smallest absolute Gasteiger partial charge is 0.338 e. The molecule has 0 spiro atoms. The van der Waals surface area contributed by atoms with E-state index in [-0.39, 0.29) is 11.8 Å². The van der Waals surface area contributed by atoms with Crippen LogP contribution in [-0.4, -0.2) is 27.0 Å². The van der Waals surface area contributed by atoms with Crippen LogP contribution < -0.4 is 5.32 Å². The fourth-order valence-electron chi connectivity index (χ4n) is 2.59. The molecule has 1 amide bonds. The van der Waals surface area contributed by atoms with Crippen LogP contribution in [0.15, 0.2) is 24.5 Å². The number of carbonyl (C=O) groups is 2. The number of carboxylic acid groups (broad SMARTS) is 1. The van der Waals surface area contributed by atoms with Crippen molar-refractivity contribution in [1.82, 2.24) is 9.97 Å². The quantitative estimate of drug-likeness (QED) is 0.888. The maximum atomic E-state index is 13.5. The van der Waals surface area contributed by atoms with Crippen molar-refractivity contribution in [3.05, 3.63) is 41.5 Å². The molecule has 0 bridgehead atoms. The van der Waals surface area contributed by atoms with Crippen LogP contribution >= 0.6 is 0 Å². The number of aromatic nitrogens is 2. The van der Waals surface area contributed by atoms with Gasteiger partial charge in [0.05, 0.1) is 11.3 Å². The van der Waals surface area contributed by atoms with E-state index in [0.29, 0.717) is 23.5 Å². The van der Waals surface area contributed by atoms with E-state index >= 15 is 0 Å². The molecule has 7 heteroatoms. The number of amides is 1. The van der Waals surface area contributed by atoms with Crippen LogP contribution in [0.4, 0.5) is 10.2 Å². The number of rotatable bonds is 2. The van der Waals surface area contributed by atoms with Crippen LogP contribution in [0.1, 0.15) is 35.2 Å². The van der Waals surface area contributed by atoms with E-state index in [2.05, 4.69) is 15.3 Å². The molecule has 1 unspecified atom stereocenters. The molecule has 0 fully saturated rings. The highest BCUT2D eigenvalue weighted by Crippen LogP contribution is 2.37. The highest BCUT2D eigenvalue weighted by molar-refractivity contribution is 5.95. The molecule has 2 aromatic rings. The monoisotopic (exact) mass is 301 g/mol. The summed E-state index contributed by atoms with van der Waals surface area (Å²) in [6.07, 6.45) is 1.58. The Bertz CT molecular complexity index is 792. The molecule has 2 N–H and O–H groups in total. The van der Waals surface area contributed by atoms with Gasteiger partial charge in [0.1, 0.15) is 18.0 Å². The van der Waals surface area contributed by atoms with Gasteiger partial charge in [-0.2, -0.15) is 0 Å². The maximum absolute atomic E-state index is 13.5. The predicted molar refractivity (Wildman–Crippen MR) is 76.0 cm³/mol. The number of anilines is 1. The van der Waals surface area contributed by atoms with Gasteiger partial charge in [-0.3, -0.25) is 4.79 Å². The summed E-state index contributed by atoms with van der Waals surface area (Å²) < 4.78 is 13.5. The number of hydrogen-bond acceptors (Lipinski definition) is 4. The summed E-state index contributed by atoms with van der Waals surface area (Å²) in [4.78, 5) is 30.9. The van der Waals surface area contributed by atoms with Crippen LogP contribution in [0, 0.1) is 5.82 Å². The van der Waals surface area contributed by atoms with E-state index in [0.717, 1.165) is 11.6 Å². The average molecular weight is 301 g/mol. The van der Waals surface area contributed by atoms with Gasteiger partial charge in [-0.1, -0.05) is 6.92 Å². The van der Waals surface area contributed by atoms with Crippen molar-refractivity contribution in [3.63, 3.8) is 0 Å². The van der Waals surface area contributed by atoms with Crippen molar-refractivity contribution in [2.24, 2.45) is 0 Å². The van der Waals surface area contributed by atoms with Crippen molar-refractivity contribution in [2.75, 3.05) is 5.32 Å². The molecular weight excluding hydrogens is 289 g/mol. The fourth-order valence-corrected chi connectivity index (χ4v) is 2.59. The Hall–Kier alpha value is -2.83. The van der Waals surface area contributed by atoms with E-state index in [4.69, 9.17) is 5.11 Å². The molecule has 6 nitrogen and oxygen atoms in total. The Morgan fingerprint density at radius 1 is 1.41 bits per heavy atom. The largest absolute Gasteiger partial charge is 0.478 e. The van der Waals surface area contributed by atoms with Gasteiger partial charge in [0.25, 0.3) is 0 Å². The first-order valence-corrected chi connectivity index (χ1v) is 6.65. The number of fused-ring (bicyclic) bond motifs is 1. The van der Waals surface area contributed by atoms with Gasteiger partial charge in [0.2, 0.25) is 5.91 Å². The van der Waals surface area contributed by atoms with Gasteiger partial charge in [-0.05, 0) is 24.1 Å². The zero-order valence-electron chi connectivity index (χ0n) is 11.6. The summed E-state index contributed by atoms with van der Waals surface area (Å²) in [7, 11) is 0. The number of hydrogen-bond donors (Lipinski definition) is 2. The van der Waals surface area contributed by atoms with Gasteiger partial charge in [0, 0.05) is 17.5 Å². The van der Waals surface area contributed by atoms with E-state index in [1.54, 1.807) is 0 Å². The van der Waals surface area contributed by atoms with Crippen molar-refractivity contribution in [1.29, 1.82) is 0 Å². The van der Waals surface area contributed by atoms with Gasteiger partial charge >= 0.3 is 5.97 Å². The summed E-state index contributed by atoms with van der Waals surface area (Å²) in [5, 5.41) is 11.7. The third-order valence-corrected chi connectivity index (χ3v) is 3.60. The van der Waals surface area contributed by atoms with Crippen molar-refractivity contribution < 1.29 is 19.1 Å². The molecule has 0 aliphatic carbocycles. The van der Waals surface area contributed by atoms with Crippen LogP contribution in [0.25, 0.3) is 11.3 Å². The van der Waals surface area contributed by atoms with Crippen LogP contribution in [0.2, 0.25) is 0 Å². The Morgan fingerprint density at radius 2 is 2.18 bits per heavy atom. The molecule has 0 radical (unpaired) electrons. The Morgan fingerprint density at radius 3 is 2.91 bits per heavy atom. The molecule has 1 aliphatic rings. The van der Waals surface area contributed by atoms with Crippen molar-refractivity contribution in [3.8, 4) is 11.3 Å².